The normalized spacial score (nSPS) is 12.3. The van der Waals surface area contributed by atoms with Crippen LogP contribution in [0.2, 0.25) is 0 Å². The number of esters is 1. The van der Waals surface area contributed by atoms with Gasteiger partial charge in [-0.2, -0.15) is 26.3 Å². The number of hydrogen-bond acceptors (Lipinski definition) is 4. The monoisotopic (exact) mass is 353 g/mol. The van der Waals surface area contributed by atoms with Crippen molar-refractivity contribution in [1.29, 1.82) is 0 Å². The average molecular weight is 353 g/mol. The molecule has 0 saturated carbocycles. The first-order valence-electron chi connectivity index (χ1n) is 6.35. The van der Waals surface area contributed by atoms with Crippen molar-refractivity contribution < 1.29 is 40.4 Å². The molecule has 0 aliphatic rings. The maximum absolute atomic E-state index is 12.7. The highest BCUT2D eigenvalue weighted by molar-refractivity contribution is 5.90. The fraction of sp³-hybridized carbons (Fsp3) is 0.286. The summed E-state index contributed by atoms with van der Waals surface area (Å²) >= 11 is 0. The fourth-order valence-corrected chi connectivity index (χ4v) is 1.78. The zero-order valence-electron chi connectivity index (χ0n) is 12.0. The van der Waals surface area contributed by atoms with Crippen molar-refractivity contribution in [2.75, 3.05) is 0 Å². The van der Waals surface area contributed by atoms with Crippen molar-refractivity contribution in [2.45, 2.75) is 25.9 Å². The first-order valence-corrected chi connectivity index (χ1v) is 6.35. The van der Waals surface area contributed by atoms with Crippen LogP contribution < -0.4 is 0 Å². The summed E-state index contributed by atoms with van der Waals surface area (Å²) in [5.41, 5.74) is -3.88. The molecule has 0 saturated heterocycles. The van der Waals surface area contributed by atoms with E-state index in [0.29, 0.717) is 17.9 Å². The first kappa shape index (κ1) is 17.8. The first-order chi connectivity index (χ1) is 11.0. The van der Waals surface area contributed by atoms with Gasteiger partial charge in [0.25, 0.3) is 0 Å². The molecule has 10 heteroatoms. The smallest absolute Gasteiger partial charge is 0.416 e. The van der Waals surface area contributed by atoms with E-state index in [-0.39, 0.29) is 11.8 Å². The fourth-order valence-electron chi connectivity index (χ4n) is 1.78. The van der Waals surface area contributed by atoms with E-state index in [2.05, 4.69) is 9.89 Å². The van der Waals surface area contributed by atoms with Gasteiger partial charge in [0, 0.05) is 6.07 Å². The largest absolute Gasteiger partial charge is 0.455 e. The van der Waals surface area contributed by atoms with Crippen molar-refractivity contribution in [2.24, 2.45) is 0 Å². The molecule has 0 aliphatic heterocycles. The zero-order chi connectivity index (χ0) is 18.1. The van der Waals surface area contributed by atoms with Crippen LogP contribution in [0, 0.1) is 6.92 Å². The van der Waals surface area contributed by atoms with Gasteiger partial charge in [0.05, 0.1) is 16.7 Å². The van der Waals surface area contributed by atoms with Crippen molar-refractivity contribution in [3.63, 3.8) is 0 Å². The predicted molar refractivity (Wildman–Crippen MR) is 66.8 cm³/mol. The van der Waals surface area contributed by atoms with Gasteiger partial charge in [0.15, 0.2) is 0 Å². The Bertz CT molecular complexity index is 715. The van der Waals surface area contributed by atoms with E-state index in [0.717, 1.165) is 0 Å². The Hall–Kier alpha value is -2.52. The molecule has 0 fully saturated rings. The highest BCUT2D eigenvalue weighted by Crippen LogP contribution is 2.36. The minimum absolute atomic E-state index is 0.0717. The number of rotatable bonds is 3. The Morgan fingerprint density at radius 1 is 1.04 bits per heavy atom. The molecule has 0 radical (unpaired) electrons. The van der Waals surface area contributed by atoms with E-state index in [1.807, 2.05) is 0 Å². The molecule has 0 aliphatic carbocycles. The number of aryl methyl sites for hydroxylation is 1. The molecule has 2 rings (SSSR count). The van der Waals surface area contributed by atoms with Crippen LogP contribution in [0.1, 0.15) is 32.9 Å². The lowest BCUT2D eigenvalue weighted by molar-refractivity contribution is -0.143. The molecule has 2 aromatic rings. The van der Waals surface area contributed by atoms with Gasteiger partial charge in [-0.15, -0.1) is 0 Å². The van der Waals surface area contributed by atoms with Gasteiger partial charge in [-0.25, -0.2) is 4.79 Å². The lowest BCUT2D eigenvalue weighted by atomic mass is 10.0. The standard InChI is InChI=1S/C14H9F6NO3/c1-7-2-11(21-24-7)6-23-12(22)8-3-9(13(15,16)17)5-10(4-8)14(18,19)20/h2-5H,6H2,1H3. The Labute approximate surface area is 131 Å². The number of carbonyl (C=O) groups excluding carboxylic acids is 1. The van der Waals surface area contributed by atoms with Crippen molar-refractivity contribution in [3.8, 4) is 0 Å². The maximum atomic E-state index is 12.7. The predicted octanol–water partition coefficient (Wildman–Crippen LogP) is 4.38. The highest BCUT2D eigenvalue weighted by Gasteiger charge is 2.37. The van der Waals surface area contributed by atoms with Crippen LogP contribution in [-0.2, 0) is 23.7 Å². The molecule has 0 amide bonds. The van der Waals surface area contributed by atoms with Gasteiger partial charge >= 0.3 is 18.3 Å². The van der Waals surface area contributed by atoms with Crippen LogP contribution in [0.15, 0.2) is 28.8 Å². The average Bonchev–Trinajstić information content (AvgIpc) is 2.88. The summed E-state index contributed by atoms with van der Waals surface area (Å²) in [7, 11) is 0. The van der Waals surface area contributed by atoms with Crippen LogP contribution >= 0.6 is 0 Å². The second-order valence-corrected chi connectivity index (χ2v) is 4.80. The van der Waals surface area contributed by atoms with Gasteiger partial charge in [0.1, 0.15) is 18.1 Å². The van der Waals surface area contributed by atoms with E-state index in [9.17, 15) is 31.1 Å². The van der Waals surface area contributed by atoms with E-state index < -0.39 is 41.6 Å². The van der Waals surface area contributed by atoms with E-state index >= 15 is 0 Å². The van der Waals surface area contributed by atoms with Gasteiger partial charge in [-0.3, -0.25) is 0 Å². The van der Waals surface area contributed by atoms with Crippen LogP contribution in [0.3, 0.4) is 0 Å². The number of ether oxygens (including phenoxy) is 1. The molecule has 0 spiro atoms. The van der Waals surface area contributed by atoms with Gasteiger partial charge in [-0.05, 0) is 25.1 Å². The van der Waals surface area contributed by atoms with E-state index in [4.69, 9.17) is 4.52 Å². The van der Waals surface area contributed by atoms with Gasteiger partial charge in [0.2, 0.25) is 0 Å². The van der Waals surface area contributed by atoms with Crippen LogP contribution in [0.25, 0.3) is 0 Å². The minimum Gasteiger partial charge on any atom is -0.455 e. The third kappa shape index (κ3) is 4.27. The molecule has 0 atom stereocenters. The summed E-state index contributed by atoms with van der Waals surface area (Å²) in [6.45, 7) is 1.11. The van der Waals surface area contributed by atoms with Crippen LogP contribution in [0.4, 0.5) is 26.3 Å². The number of carbonyl (C=O) groups is 1. The Morgan fingerprint density at radius 3 is 2.00 bits per heavy atom. The molecule has 130 valence electrons. The van der Waals surface area contributed by atoms with E-state index in [1.54, 1.807) is 6.92 Å². The topological polar surface area (TPSA) is 52.3 Å². The summed E-state index contributed by atoms with van der Waals surface area (Å²) in [5.74, 6) is -0.938. The maximum Gasteiger partial charge on any atom is 0.416 e. The Balaban J connectivity index is 2.28. The van der Waals surface area contributed by atoms with Crippen molar-refractivity contribution in [3.05, 3.63) is 52.4 Å². The molecule has 24 heavy (non-hydrogen) atoms. The second kappa shape index (κ2) is 6.17. The number of alkyl halides is 6. The minimum atomic E-state index is -5.04. The number of benzene rings is 1. The summed E-state index contributed by atoms with van der Waals surface area (Å²) in [4.78, 5) is 11.8. The number of nitrogens with zero attached hydrogens (tertiary/aromatic N) is 1. The third-order valence-electron chi connectivity index (χ3n) is 2.85. The van der Waals surface area contributed by atoms with Crippen molar-refractivity contribution in [1.82, 2.24) is 5.16 Å². The third-order valence-corrected chi connectivity index (χ3v) is 2.85. The summed E-state index contributed by atoms with van der Waals surface area (Å²) in [5, 5.41) is 3.48. The molecule has 0 unspecified atom stereocenters. The van der Waals surface area contributed by atoms with Crippen LogP contribution in [-0.4, -0.2) is 11.1 Å². The number of hydrogen-bond donors (Lipinski definition) is 0. The zero-order valence-corrected chi connectivity index (χ0v) is 12.0. The van der Waals surface area contributed by atoms with Crippen LogP contribution in [0.5, 0.6) is 0 Å². The molecule has 0 bridgehead atoms. The van der Waals surface area contributed by atoms with Gasteiger partial charge < -0.3 is 9.26 Å². The molecular weight excluding hydrogens is 344 g/mol. The number of aromatic nitrogens is 1. The second-order valence-electron chi connectivity index (χ2n) is 4.80. The summed E-state index contributed by atoms with van der Waals surface area (Å²) in [6.07, 6.45) is -10.1. The van der Waals surface area contributed by atoms with Crippen molar-refractivity contribution >= 4 is 5.97 Å². The SMILES string of the molecule is Cc1cc(COC(=O)c2cc(C(F)(F)F)cc(C(F)(F)F)c2)no1. The highest BCUT2D eigenvalue weighted by atomic mass is 19.4. The molecular formula is C14H9F6NO3. The lowest BCUT2D eigenvalue weighted by Gasteiger charge is -2.13. The Kier molecular flexibility index (Phi) is 4.59. The quantitative estimate of drug-likeness (QED) is 0.607. The van der Waals surface area contributed by atoms with E-state index in [1.165, 1.54) is 6.07 Å². The lowest BCUT2D eigenvalue weighted by Crippen LogP contribution is -2.14. The molecule has 1 heterocycles. The summed E-state index contributed by atoms with van der Waals surface area (Å²) < 4.78 is 85.6. The Morgan fingerprint density at radius 2 is 1.58 bits per heavy atom. The summed E-state index contributed by atoms with van der Waals surface area (Å²) in [6, 6.07) is 1.93. The molecule has 1 aromatic carbocycles. The molecule has 1 aromatic heterocycles. The molecule has 0 N–H and O–H groups in total. The van der Waals surface area contributed by atoms with Gasteiger partial charge in [-0.1, -0.05) is 5.16 Å². The molecule has 4 nitrogen and oxygen atoms in total. The number of halogens is 6.